The summed E-state index contributed by atoms with van der Waals surface area (Å²) >= 11 is 0. The van der Waals surface area contributed by atoms with Gasteiger partial charge in [-0.2, -0.15) is 0 Å². The Bertz CT molecular complexity index is 922. The molecule has 2 unspecified atom stereocenters. The van der Waals surface area contributed by atoms with Crippen molar-refractivity contribution in [1.82, 2.24) is 0 Å². The third-order valence-corrected chi connectivity index (χ3v) is 5.44. The van der Waals surface area contributed by atoms with E-state index < -0.39 is 5.41 Å². The molecule has 2 aromatic rings. The lowest BCUT2D eigenvalue weighted by Crippen LogP contribution is -2.24. The standard InChI is InChI=1S/C25H26O3/c1-5-17(3)22-23(25(22,4)24(27)28-6-2)21(26)16-18-12-14-20(15-13-18)19-10-8-7-9-11-19/h5,7-15,17H,1,6,16H2,2-4H3. The van der Waals surface area contributed by atoms with E-state index in [4.69, 9.17) is 4.74 Å². The molecule has 0 saturated carbocycles. The summed E-state index contributed by atoms with van der Waals surface area (Å²) < 4.78 is 5.22. The highest BCUT2D eigenvalue weighted by Gasteiger charge is 2.59. The molecule has 2 aromatic carbocycles. The Kier molecular flexibility index (Phi) is 5.64. The summed E-state index contributed by atoms with van der Waals surface area (Å²) in [4.78, 5) is 25.5. The Hall–Kier alpha value is -2.94. The minimum Gasteiger partial charge on any atom is -0.465 e. The number of hydrogen-bond acceptors (Lipinski definition) is 3. The van der Waals surface area contributed by atoms with Crippen LogP contribution in [-0.4, -0.2) is 18.4 Å². The van der Waals surface area contributed by atoms with Gasteiger partial charge in [-0.15, -0.1) is 6.58 Å². The Morgan fingerprint density at radius 2 is 1.68 bits per heavy atom. The van der Waals surface area contributed by atoms with E-state index in [1.807, 2.05) is 49.4 Å². The second kappa shape index (κ2) is 7.97. The molecular formula is C25H26O3. The van der Waals surface area contributed by atoms with Crippen LogP contribution >= 0.6 is 0 Å². The van der Waals surface area contributed by atoms with E-state index in [1.54, 1.807) is 19.9 Å². The van der Waals surface area contributed by atoms with Crippen molar-refractivity contribution in [2.24, 2.45) is 11.3 Å². The average Bonchev–Trinajstić information content (AvgIpc) is 3.36. The summed E-state index contributed by atoms with van der Waals surface area (Å²) in [6.45, 7) is 9.62. The smallest absolute Gasteiger partial charge is 0.320 e. The lowest BCUT2D eigenvalue weighted by molar-refractivity contribution is -0.148. The number of ketones is 1. The van der Waals surface area contributed by atoms with Crippen LogP contribution in [-0.2, 0) is 20.7 Å². The third-order valence-electron chi connectivity index (χ3n) is 5.44. The van der Waals surface area contributed by atoms with Gasteiger partial charge in [-0.25, -0.2) is 0 Å². The van der Waals surface area contributed by atoms with Crippen molar-refractivity contribution in [1.29, 1.82) is 0 Å². The normalized spacial score (nSPS) is 19.1. The van der Waals surface area contributed by atoms with Crippen molar-refractivity contribution in [3.8, 4) is 11.1 Å². The molecular weight excluding hydrogens is 348 g/mol. The summed E-state index contributed by atoms with van der Waals surface area (Å²) in [5.41, 5.74) is 3.70. The lowest BCUT2D eigenvalue weighted by atomic mass is 9.93. The van der Waals surface area contributed by atoms with Crippen LogP contribution in [0, 0.1) is 11.3 Å². The van der Waals surface area contributed by atoms with Crippen LogP contribution in [0.15, 0.2) is 78.4 Å². The van der Waals surface area contributed by atoms with Crippen LogP contribution in [0.2, 0.25) is 0 Å². The maximum atomic E-state index is 13.0. The fraction of sp³-hybridized carbons (Fsp3) is 0.280. The molecule has 3 rings (SSSR count). The number of Topliss-reactive ketones (excluding diaryl/α,β-unsaturated/α-hetero) is 1. The zero-order chi connectivity index (χ0) is 20.3. The van der Waals surface area contributed by atoms with Crippen LogP contribution in [0.1, 0.15) is 26.3 Å². The van der Waals surface area contributed by atoms with Crippen LogP contribution in [0.3, 0.4) is 0 Å². The molecule has 144 valence electrons. The SMILES string of the molecule is C=CC(C)C1=C(C(=O)Cc2ccc(-c3ccccc3)cc2)C1(C)C(=O)OCC. The average molecular weight is 374 g/mol. The summed E-state index contributed by atoms with van der Waals surface area (Å²) in [6.07, 6.45) is 2.04. The predicted molar refractivity (Wildman–Crippen MR) is 112 cm³/mol. The minimum atomic E-state index is -0.912. The molecule has 0 N–H and O–H groups in total. The Morgan fingerprint density at radius 1 is 1.07 bits per heavy atom. The summed E-state index contributed by atoms with van der Waals surface area (Å²) in [5.74, 6) is -0.401. The van der Waals surface area contributed by atoms with Gasteiger partial charge in [-0.1, -0.05) is 67.6 Å². The van der Waals surface area contributed by atoms with Gasteiger partial charge in [-0.3, -0.25) is 9.59 Å². The molecule has 0 aromatic heterocycles. The molecule has 28 heavy (non-hydrogen) atoms. The van der Waals surface area contributed by atoms with E-state index in [9.17, 15) is 9.59 Å². The molecule has 0 bridgehead atoms. The lowest BCUT2D eigenvalue weighted by Gasteiger charge is -2.14. The Balaban J connectivity index is 1.78. The summed E-state index contributed by atoms with van der Waals surface area (Å²) in [7, 11) is 0. The number of esters is 1. The van der Waals surface area contributed by atoms with Gasteiger partial charge in [0.05, 0.1) is 6.61 Å². The highest BCUT2D eigenvalue weighted by atomic mass is 16.5. The van der Waals surface area contributed by atoms with Gasteiger partial charge < -0.3 is 4.74 Å². The first kappa shape index (κ1) is 19.8. The Labute approximate surface area is 166 Å². The first-order valence-corrected chi connectivity index (χ1v) is 9.65. The molecule has 0 radical (unpaired) electrons. The molecule has 0 spiro atoms. The van der Waals surface area contributed by atoms with Crippen molar-refractivity contribution in [3.05, 3.63) is 84.0 Å². The molecule has 0 aliphatic heterocycles. The fourth-order valence-electron chi connectivity index (χ4n) is 3.84. The molecule has 0 saturated heterocycles. The van der Waals surface area contributed by atoms with Crippen LogP contribution in [0.4, 0.5) is 0 Å². The van der Waals surface area contributed by atoms with E-state index in [0.29, 0.717) is 12.2 Å². The monoisotopic (exact) mass is 374 g/mol. The highest BCUT2D eigenvalue weighted by Crippen LogP contribution is 2.57. The molecule has 2 atom stereocenters. The number of hydrogen-bond donors (Lipinski definition) is 0. The van der Waals surface area contributed by atoms with Crippen molar-refractivity contribution >= 4 is 11.8 Å². The summed E-state index contributed by atoms with van der Waals surface area (Å²) in [6, 6.07) is 18.1. The van der Waals surface area contributed by atoms with Gasteiger partial charge in [0.1, 0.15) is 5.41 Å². The van der Waals surface area contributed by atoms with E-state index in [0.717, 1.165) is 22.3 Å². The molecule has 3 heteroatoms. The van der Waals surface area contributed by atoms with E-state index in [1.165, 1.54) is 0 Å². The highest BCUT2D eigenvalue weighted by molar-refractivity contribution is 6.13. The summed E-state index contributed by atoms with van der Waals surface area (Å²) in [5, 5.41) is 0. The van der Waals surface area contributed by atoms with Gasteiger partial charge >= 0.3 is 5.97 Å². The van der Waals surface area contributed by atoms with Gasteiger partial charge in [0.15, 0.2) is 5.78 Å². The van der Waals surface area contributed by atoms with Gasteiger partial charge in [0, 0.05) is 12.0 Å². The van der Waals surface area contributed by atoms with E-state index in [-0.39, 0.29) is 24.1 Å². The fourth-order valence-corrected chi connectivity index (χ4v) is 3.84. The van der Waals surface area contributed by atoms with Gasteiger partial charge in [-0.05, 0) is 42.0 Å². The molecule has 3 nitrogen and oxygen atoms in total. The van der Waals surface area contributed by atoms with Crippen LogP contribution < -0.4 is 0 Å². The number of carbonyl (C=O) groups excluding carboxylic acids is 2. The second-order valence-electron chi connectivity index (χ2n) is 7.32. The van der Waals surface area contributed by atoms with Crippen LogP contribution in [0.5, 0.6) is 0 Å². The zero-order valence-corrected chi connectivity index (χ0v) is 16.7. The van der Waals surface area contributed by atoms with E-state index in [2.05, 4.69) is 18.7 Å². The largest absolute Gasteiger partial charge is 0.465 e. The van der Waals surface area contributed by atoms with Crippen molar-refractivity contribution in [2.75, 3.05) is 6.61 Å². The van der Waals surface area contributed by atoms with Crippen LogP contribution in [0.25, 0.3) is 11.1 Å². The number of benzene rings is 2. The van der Waals surface area contributed by atoms with Crippen molar-refractivity contribution in [2.45, 2.75) is 27.2 Å². The van der Waals surface area contributed by atoms with Crippen molar-refractivity contribution < 1.29 is 14.3 Å². The molecule has 1 aliphatic carbocycles. The maximum Gasteiger partial charge on any atom is 0.320 e. The van der Waals surface area contributed by atoms with Gasteiger partial charge in [0.2, 0.25) is 0 Å². The Morgan fingerprint density at radius 3 is 2.25 bits per heavy atom. The quantitative estimate of drug-likeness (QED) is 0.473. The first-order valence-electron chi connectivity index (χ1n) is 9.65. The molecule has 0 amide bonds. The first-order chi connectivity index (χ1) is 13.4. The third kappa shape index (κ3) is 3.57. The number of carbonyl (C=O) groups is 2. The minimum absolute atomic E-state index is 0.0216. The predicted octanol–water partition coefficient (Wildman–Crippen LogP) is 5.17. The molecule has 0 fully saturated rings. The maximum absolute atomic E-state index is 13.0. The topological polar surface area (TPSA) is 43.4 Å². The second-order valence-corrected chi connectivity index (χ2v) is 7.32. The zero-order valence-electron chi connectivity index (χ0n) is 16.7. The number of rotatable bonds is 8. The number of ether oxygens (including phenoxy) is 1. The van der Waals surface area contributed by atoms with Crippen molar-refractivity contribution in [3.63, 3.8) is 0 Å². The molecule has 0 heterocycles. The molecule has 1 aliphatic rings. The number of allylic oxidation sites excluding steroid dienone is 1. The van der Waals surface area contributed by atoms with E-state index >= 15 is 0 Å². The van der Waals surface area contributed by atoms with Gasteiger partial charge in [0.25, 0.3) is 0 Å².